The summed E-state index contributed by atoms with van der Waals surface area (Å²) in [5.41, 5.74) is 7.86. The van der Waals surface area contributed by atoms with Crippen molar-refractivity contribution in [1.29, 1.82) is 0 Å². The fourth-order valence-corrected chi connectivity index (χ4v) is 2.83. The van der Waals surface area contributed by atoms with Gasteiger partial charge >= 0.3 is 0 Å². The Morgan fingerprint density at radius 3 is 2.48 bits per heavy atom. The molecule has 0 unspecified atom stereocenters. The topological polar surface area (TPSA) is 51.8 Å². The number of hydrogen-bond donors (Lipinski definition) is 1. The normalized spacial score (nSPS) is 10.7. The van der Waals surface area contributed by atoms with Gasteiger partial charge in [0.05, 0.1) is 5.52 Å². The Morgan fingerprint density at radius 2 is 1.65 bits per heavy atom. The zero-order valence-corrected chi connectivity index (χ0v) is 13.6. The molecule has 5 heteroatoms. The molecule has 0 aliphatic carbocycles. The second-order valence-electron chi connectivity index (χ2n) is 5.13. The fourth-order valence-electron chi connectivity index (χ4n) is 2.64. The Hall–Kier alpha value is -2.36. The maximum atomic E-state index is 6.14. The van der Waals surface area contributed by atoms with Crippen LogP contribution in [0.4, 0.5) is 5.82 Å². The molecular formula is C18H13Cl2N3. The van der Waals surface area contributed by atoms with Crippen molar-refractivity contribution in [2.45, 2.75) is 0 Å². The smallest absolute Gasteiger partial charge is 0.162 e. The summed E-state index contributed by atoms with van der Waals surface area (Å²) in [4.78, 5) is 9.15. The van der Waals surface area contributed by atoms with Crippen molar-refractivity contribution in [3.8, 4) is 11.4 Å². The molecule has 4 aromatic rings. The molecule has 1 heterocycles. The van der Waals surface area contributed by atoms with E-state index in [4.69, 9.17) is 22.3 Å². The van der Waals surface area contributed by atoms with Crippen LogP contribution in [0.3, 0.4) is 0 Å². The predicted molar refractivity (Wildman–Crippen MR) is 99.2 cm³/mol. The van der Waals surface area contributed by atoms with Gasteiger partial charge in [0.15, 0.2) is 5.82 Å². The molecule has 3 nitrogen and oxygen atoms in total. The van der Waals surface area contributed by atoms with E-state index < -0.39 is 0 Å². The number of hydrogen-bond acceptors (Lipinski definition) is 3. The number of fused-ring (bicyclic) bond motifs is 3. The summed E-state index contributed by atoms with van der Waals surface area (Å²) in [5, 5.41) is 3.71. The molecule has 4 rings (SSSR count). The molecule has 0 fully saturated rings. The minimum atomic E-state index is 0. The molecule has 23 heavy (non-hydrogen) atoms. The quantitative estimate of drug-likeness (QED) is 0.489. The molecule has 0 atom stereocenters. The van der Waals surface area contributed by atoms with Crippen molar-refractivity contribution >= 4 is 51.5 Å². The first-order valence-electron chi connectivity index (χ1n) is 6.93. The van der Waals surface area contributed by atoms with E-state index in [1.54, 1.807) is 0 Å². The monoisotopic (exact) mass is 341 g/mol. The van der Waals surface area contributed by atoms with Crippen molar-refractivity contribution < 1.29 is 0 Å². The third kappa shape index (κ3) is 2.69. The van der Waals surface area contributed by atoms with Gasteiger partial charge in [-0.25, -0.2) is 9.97 Å². The molecule has 0 radical (unpaired) electrons. The number of rotatable bonds is 1. The van der Waals surface area contributed by atoms with Crippen LogP contribution in [0.1, 0.15) is 0 Å². The molecule has 114 valence electrons. The van der Waals surface area contributed by atoms with E-state index >= 15 is 0 Å². The minimum absolute atomic E-state index is 0. The van der Waals surface area contributed by atoms with Gasteiger partial charge < -0.3 is 5.73 Å². The van der Waals surface area contributed by atoms with Gasteiger partial charge in [0, 0.05) is 21.4 Å². The van der Waals surface area contributed by atoms with Crippen molar-refractivity contribution in [3.05, 3.63) is 65.7 Å². The molecule has 0 amide bonds. The average Bonchev–Trinajstić information content (AvgIpc) is 2.54. The van der Waals surface area contributed by atoms with Crippen LogP contribution in [-0.2, 0) is 0 Å². The van der Waals surface area contributed by atoms with E-state index in [0.29, 0.717) is 16.7 Å². The number of aromatic nitrogens is 2. The van der Waals surface area contributed by atoms with E-state index in [1.807, 2.05) is 54.6 Å². The fraction of sp³-hybridized carbons (Fsp3) is 0. The molecule has 0 bridgehead atoms. The van der Waals surface area contributed by atoms with E-state index in [9.17, 15) is 0 Å². The van der Waals surface area contributed by atoms with Crippen molar-refractivity contribution in [2.24, 2.45) is 0 Å². The van der Waals surface area contributed by atoms with Gasteiger partial charge in [0.1, 0.15) is 5.82 Å². The Balaban J connectivity index is 0.00000156. The molecule has 0 spiro atoms. The molecule has 2 N–H and O–H groups in total. The van der Waals surface area contributed by atoms with E-state index in [-0.39, 0.29) is 12.4 Å². The Labute approximate surface area is 144 Å². The van der Waals surface area contributed by atoms with Crippen LogP contribution in [0.15, 0.2) is 60.7 Å². The molecule has 0 saturated heterocycles. The molecule has 0 aliphatic rings. The van der Waals surface area contributed by atoms with Crippen LogP contribution in [0.25, 0.3) is 33.1 Å². The van der Waals surface area contributed by atoms with Gasteiger partial charge in [0.2, 0.25) is 0 Å². The third-order valence-corrected chi connectivity index (χ3v) is 3.94. The van der Waals surface area contributed by atoms with Gasteiger partial charge in [-0.1, -0.05) is 54.1 Å². The van der Waals surface area contributed by atoms with Crippen LogP contribution in [0.5, 0.6) is 0 Å². The van der Waals surface area contributed by atoms with Crippen LogP contribution >= 0.6 is 24.0 Å². The zero-order chi connectivity index (χ0) is 15.1. The summed E-state index contributed by atoms with van der Waals surface area (Å²) in [6, 6.07) is 19.6. The standard InChI is InChI=1S/C18H12ClN3.ClH/c19-13-6-3-5-12(10-13)18-21-16-14-7-2-1-4-11(14)8-9-15(16)17(20)22-18;/h1-10H,(H2,20,21,22);1H. The Morgan fingerprint density at radius 1 is 0.826 bits per heavy atom. The second kappa shape index (κ2) is 6.03. The number of nitrogens with two attached hydrogens (primary N) is 1. The summed E-state index contributed by atoms with van der Waals surface area (Å²) >= 11 is 6.06. The maximum absolute atomic E-state index is 6.14. The molecule has 0 aliphatic heterocycles. The van der Waals surface area contributed by atoms with Gasteiger partial charge in [-0.15, -0.1) is 12.4 Å². The first-order valence-corrected chi connectivity index (χ1v) is 7.31. The first kappa shape index (κ1) is 15.5. The lowest BCUT2D eigenvalue weighted by Gasteiger charge is -2.08. The zero-order valence-electron chi connectivity index (χ0n) is 12.0. The number of anilines is 1. The van der Waals surface area contributed by atoms with E-state index in [0.717, 1.165) is 27.2 Å². The summed E-state index contributed by atoms with van der Waals surface area (Å²) in [7, 11) is 0. The highest BCUT2D eigenvalue weighted by molar-refractivity contribution is 6.30. The highest BCUT2D eigenvalue weighted by Crippen LogP contribution is 2.29. The van der Waals surface area contributed by atoms with Crippen molar-refractivity contribution in [2.75, 3.05) is 5.73 Å². The number of halogens is 2. The van der Waals surface area contributed by atoms with Crippen LogP contribution < -0.4 is 5.73 Å². The van der Waals surface area contributed by atoms with Gasteiger partial charge in [-0.3, -0.25) is 0 Å². The van der Waals surface area contributed by atoms with Crippen LogP contribution in [0, 0.1) is 0 Å². The highest BCUT2D eigenvalue weighted by Gasteiger charge is 2.10. The van der Waals surface area contributed by atoms with E-state index in [1.165, 1.54) is 0 Å². The molecule has 0 saturated carbocycles. The third-order valence-electron chi connectivity index (χ3n) is 3.70. The summed E-state index contributed by atoms with van der Waals surface area (Å²) in [6.45, 7) is 0. The van der Waals surface area contributed by atoms with Gasteiger partial charge in [-0.05, 0) is 23.6 Å². The largest absolute Gasteiger partial charge is 0.383 e. The first-order chi connectivity index (χ1) is 10.7. The van der Waals surface area contributed by atoms with Crippen molar-refractivity contribution in [3.63, 3.8) is 0 Å². The maximum Gasteiger partial charge on any atom is 0.162 e. The highest BCUT2D eigenvalue weighted by atomic mass is 35.5. The number of nitrogen functional groups attached to an aromatic ring is 1. The summed E-state index contributed by atoms with van der Waals surface area (Å²) in [6.07, 6.45) is 0. The second-order valence-corrected chi connectivity index (χ2v) is 5.56. The summed E-state index contributed by atoms with van der Waals surface area (Å²) < 4.78 is 0. The average molecular weight is 342 g/mol. The van der Waals surface area contributed by atoms with Crippen molar-refractivity contribution in [1.82, 2.24) is 9.97 Å². The lowest BCUT2D eigenvalue weighted by molar-refractivity contribution is 1.24. The van der Waals surface area contributed by atoms with Gasteiger partial charge in [0.25, 0.3) is 0 Å². The SMILES string of the molecule is Cl.Nc1nc(-c2cccc(Cl)c2)nc2c1ccc1ccccc12. The lowest BCUT2D eigenvalue weighted by atomic mass is 10.1. The van der Waals surface area contributed by atoms with Crippen LogP contribution in [-0.4, -0.2) is 9.97 Å². The van der Waals surface area contributed by atoms with Gasteiger partial charge in [-0.2, -0.15) is 0 Å². The summed E-state index contributed by atoms with van der Waals surface area (Å²) in [5.74, 6) is 1.06. The van der Waals surface area contributed by atoms with Crippen LogP contribution in [0.2, 0.25) is 5.02 Å². The Bertz CT molecular complexity index is 1020. The predicted octanol–water partition coefficient (Wildman–Crippen LogP) is 5.11. The Kier molecular flexibility index (Phi) is 4.07. The lowest BCUT2D eigenvalue weighted by Crippen LogP contribution is -1.98. The molecule has 1 aromatic heterocycles. The van der Waals surface area contributed by atoms with E-state index in [2.05, 4.69) is 11.1 Å². The number of benzene rings is 3. The molecule has 3 aromatic carbocycles. The number of nitrogens with zero attached hydrogens (tertiary/aromatic N) is 2. The molecular weight excluding hydrogens is 329 g/mol. The minimum Gasteiger partial charge on any atom is -0.383 e.